The number of anilines is 1. The van der Waals surface area contributed by atoms with Gasteiger partial charge in [-0.05, 0) is 53.9 Å². The van der Waals surface area contributed by atoms with E-state index in [0.717, 1.165) is 26.3 Å². The highest BCUT2D eigenvalue weighted by Crippen LogP contribution is 2.37. The summed E-state index contributed by atoms with van der Waals surface area (Å²) < 4.78 is 24.5. The Balaban J connectivity index is 2.04. The van der Waals surface area contributed by atoms with E-state index in [4.69, 9.17) is 5.73 Å². The predicted octanol–water partition coefficient (Wildman–Crippen LogP) is 4.89. The lowest BCUT2D eigenvalue weighted by Gasteiger charge is -2.12. The van der Waals surface area contributed by atoms with Gasteiger partial charge in [-0.2, -0.15) is 0 Å². The molecule has 0 aliphatic rings. The summed E-state index contributed by atoms with van der Waals surface area (Å²) in [5.41, 5.74) is 9.74. The van der Waals surface area contributed by atoms with Gasteiger partial charge in [-0.15, -0.1) is 11.3 Å². The molecule has 6 heteroatoms. The molecule has 4 aromatic rings. The summed E-state index contributed by atoms with van der Waals surface area (Å²) in [7, 11) is -3.29. The minimum absolute atomic E-state index is 0.0650. The first-order chi connectivity index (χ1) is 13.8. The first-order valence-corrected chi connectivity index (χ1v) is 11.7. The van der Waals surface area contributed by atoms with Crippen LogP contribution in [0.25, 0.3) is 31.7 Å². The minimum atomic E-state index is -3.29. The Morgan fingerprint density at radius 1 is 0.897 bits per heavy atom. The molecular weight excluding hydrogens is 402 g/mol. The van der Waals surface area contributed by atoms with E-state index < -0.39 is 9.84 Å². The molecule has 4 rings (SSSR count). The van der Waals surface area contributed by atoms with Gasteiger partial charge in [-0.1, -0.05) is 36.4 Å². The summed E-state index contributed by atoms with van der Waals surface area (Å²) in [6, 6.07) is 19.8. The lowest BCUT2D eigenvalue weighted by Crippen LogP contribution is -2.07. The predicted molar refractivity (Wildman–Crippen MR) is 121 cm³/mol. The highest BCUT2D eigenvalue weighted by molar-refractivity contribution is 7.90. The van der Waals surface area contributed by atoms with Crippen LogP contribution in [0.1, 0.15) is 5.56 Å². The number of sulfone groups is 1. The molecular formula is C23H19NO3S2. The lowest BCUT2D eigenvalue weighted by molar-refractivity contribution is 0.602. The summed E-state index contributed by atoms with van der Waals surface area (Å²) in [5.74, 6) is 0. The Bertz CT molecular complexity index is 1400. The second-order valence-electron chi connectivity index (χ2n) is 7.00. The lowest BCUT2D eigenvalue weighted by atomic mass is 9.98. The fourth-order valence-corrected chi connectivity index (χ4v) is 5.09. The molecule has 2 N–H and O–H groups in total. The van der Waals surface area contributed by atoms with Crippen molar-refractivity contribution in [2.45, 2.75) is 11.8 Å². The van der Waals surface area contributed by atoms with Crippen molar-refractivity contribution in [3.8, 4) is 21.6 Å². The van der Waals surface area contributed by atoms with Crippen LogP contribution in [0.15, 0.2) is 76.4 Å². The van der Waals surface area contributed by atoms with Gasteiger partial charge in [-0.25, -0.2) is 8.42 Å². The van der Waals surface area contributed by atoms with Crippen molar-refractivity contribution in [3.05, 3.63) is 82.5 Å². The zero-order chi connectivity index (χ0) is 20.8. The first-order valence-electron chi connectivity index (χ1n) is 8.98. The van der Waals surface area contributed by atoms with Gasteiger partial charge in [0.25, 0.3) is 0 Å². The molecule has 1 aromatic heterocycles. The Labute approximate surface area is 173 Å². The van der Waals surface area contributed by atoms with Crippen molar-refractivity contribution < 1.29 is 8.42 Å². The fourth-order valence-electron chi connectivity index (χ4n) is 3.26. The van der Waals surface area contributed by atoms with E-state index in [1.54, 1.807) is 24.3 Å². The van der Waals surface area contributed by atoms with Crippen LogP contribution >= 0.6 is 11.3 Å². The van der Waals surface area contributed by atoms with Crippen molar-refractivity contribution in [3.63, 3.8) is 0 Å². The second kappa shape index (κ2) is 7.13. The van der Waals surface area contributed by atoms with Crippen LogP contribution in [-0.2, 0) is 9.84 Å². The highest BCUT2D eigenvalue weighted by Gasteiger charge is 2.17. The molecule has 0 aliphatic carbocycles. The highest BCUT2D eigenvalue weighted by atomic mass is 32.2. The van der Waals surface area contributed by atoms with Crippen molar-refractivity contribution >= 4 is 36.9 Å². The molecule has 1 heterocycles. The molecule has 0 unspecified atom stereocenters. The van der Waals surface area contributed by atoms with Crippen LogP contribution in [0, 0.1) is 6.92 Å². The minimum Gasteiger partial charge on any atom is -0.398 e. The number of hydrogen-bond acceptors (Lipinski definition) is 5. The molecule has 0 fully saturated rings. The van der Waals surface area contributed by atoms with Crippen molar-refractivity contribution in [2.75, 3.05) is 12.0 Å². The molecule has 0 atom stereocenters. The number of benzene rings is 3. The SMILES string of the molecule is Cc1ccc(-c2c(-c3ccc(S(C)(=O)=O)cc3)sc3ccccc3c2=O)cc1N. The zero-order valence-corrected chi connectivity index (χ0v) is 17.6. The van der Waals surface area contributed by atoms with E-state index in [1.165, 1.54) is 17.6 Å². The van der Waals surface area contributed by atoms with Crippen LogP contribution < -0.4 is 11.2 Å². The summed E-state index contributed by atoms with van der Waals surface area (Å²) in [6.45, 7) is 1.92. The van der Waals surface area contributed by atoms with E-state index in [1.807, 2.05) is 49.4 Å². The van der Waals surface area contributed by atoms with Crippen molar-refractivity contribution in [2.24, 2.45) is 0 Å². The van der Waals surface area contributed by atoms with Gasteiger partial charge >= 0.3 is 0 Å². The molecule has 0 radical (unpaired) electrons. The van der Waals surface area contributed by atoms with Crippen LogP contribution in [0.5, 0.6) is 0 Å². The van der Waals surface area contributed by atoms with Gasteiger partial charge in [0.2, 0.25) is 0 Å². The van der Waals surface area contributed by atoms with Gasteiger partial charge in [0, 0.05) is 32.5 Å². The van der Waals surface area contributed by atoms with Crippen LogP contribution in [0.3, 0.4) is 0 Å². The van der Waals surface area contributed by atoms with Gasteiger partial charge in [0.15, 0.2) is 15.3 Å². The summed E-state index contributed by atoms with van der Waals surface area (Å²) in [4.78, 5) is 14.5. The van der Waals surface area contributed by atoms with E-state index in [2.05, 4.69) is 0 Å². The number of aryl methyl sites for hydroxylation is 1. The third kappa shape index (κ3) is 3.57. The fraction of sp³-hybridized carbons (Fsp3) is 0.0870. The Kier molecular flexibility index (Phi) is 4.76. The molecule has 0 saturated carbocycles. The average Bonchev–Trinajstić information content (AvgIpc) is 2.70. The van der Waals surface area contributed by atoms with Crippen molar-refractivity contribution in [1.29, 1.82) is 0 Å². The van der Waals surface area contributed by atoms with E-state index >= 15 is 0 Å². The van der Waals surface area contributed by atoms with Crippen molar-refractivity contribution in [1.82, 2.24) is 0 Å². The third-order valence-electron chi connectivity index (χ3n) is 4.91. The molecule has 146 valence electrons. The van der Waals surface area contributed by atoms with E-state index in [0.29, 0.717) is 16.6 Å². The van der Waals surface area contributed by atoms with Gasteiger partial charge in [0.05, 0.1) is 4.90 Å². The number of rotatable bonds is 3. The number of fused-ring (bicyclic) bond motifs is 1. The third-order valence-corrected chi connectivity index (χ3v) is 7.26. The summed E-state index contributed by atoms with van der Waals surface area (Å²) in [5, 5.41) is 0.656. The maximum atomic E-state index is 13.4. The number of nitrogen functional groups attached to an aromatic ring is 1. The largest absolute Gasteiger partial charge is 0.398 e. The summed E-state index contributed by atoms with van der Waals surface area (Å²) in [6.07, 6.45) is 1.18. The smallest absolute Gasteiger partial charge is 0.196 e. The molecule has 0 amide bonds. The van der Waals surface area contributed by atoms with Crippen LogP contribution in [-0.4, -0.2) is 14.7 Å². The molecule has 0 aliphatic heterocycles. The maximum absolute atomic E-state index is 13.4. The normalized spacial score (nSPS) is 11.7. The topological polar surface area (TPSA) is 77.2 Å². The average molecular weight is 422 g/mol. The molecule has 4 nitrogen and oxygen atoms in total. The Morgan fingerprint density at radius 2 is 1.55 bits per heavy atom. The summed E-state index contributed by atoms with van der Waals surface area (Å²) >= 11 is 1.51. The first kappa shape index (κ1) is 19.4. The van der Waals surface area contributed by atoms with Gasteiger partial charge in [-0.3, -0.25) is 4.79 Å². The maximum Gasteiger partial charge on any atom is 0.196 e. The Morgan fingerprint density at radius 3 is 2.21 bits per heavy atom. The van der Waals surface area contributed by atoms with Gasteiger partial charge in [0.1, 0.15) is 0 Å². The standard InChI is InChI=1S/C23H19NO3S2/c1-14-7-8-16(13-19(14)24)21-22(25)18-5-3-4-6-20(18)28-23(21)15-9-11-17(12-10-15)29(2,26)27/h3-13H,24H2,1-2H3. The number of nitrogens with two attached hydrogens (primary N) is 1. The molecule has 3 aromatic carbocycles. The monoisotopic (exact) mass is 421 g/mol. The Hall–Kier alpha value is -2.96. The van der Waals surface area contributed by atoms with Gasteiger partial charge < -0.3 is 5.73 Å². The zero-order valence-electron chi connectivity index (χ0n) is 16.0. The van der Waals surface area contributed by atoms with E-state index in [9.17, 15) is 13.2 Å². The van der Waals surface area contributed by atoms with Crippen LogP contribution in [0.2, 0.25) is 0 Å². The molecule has 29 heavy (non-hydrogen) atoms. The number of hydrogen-bond donors (Lipinski definition) is 1. The molecule has 0 spiro atoms. The quantitative estimate of drug-likeness (QED) is 0.478. The molecule has 0 saturated heterocycles. The van der Waals surface area contributed by atoms with E-state index in [-0.39, 0.29) is 10.3 Å². The molecule has 0 bridgehead atoms. The van der Waals surface area contributed by atoms with Crippen LogP contribution in [0.4, 0.5) is 5.69 Å². The second-order valence-corrected chi connectivity index (χ2v) is 10.1.